The number of ether oxygens (including phenoxy) is 1. The molecule has 0 aliphatic heterocycles. The van der Waals surface area contributed by atoms with Gasteiger partial charge in [0.15, 0.2) is 5.76 Å². The topological polar surface area (TPSA) is 107 Å². The number of hydrogen-bond acceptors (Lipinski definition) is 7. The molecule has 0 atom stereocenters. The number of aliphatic hydroxyl groups is 1. The fourth-order valence-corrected chi connectivity index (χ4v) is 2.80. The van der Waals surface area contributed by atoms with Crippen LogP contribution in [0, 0.1) is 6.92 Å². The van der Waals surface area contributed by atoms with Crippen LogP contribution in [-0.2, 0) is 4.74 Å². The Labute approximate surface area is 143 Å². The average Bonchev–Trinajstić information content (AvgIpc) is 2.97. The van der Waals surface area contributed by atoms with Gasteiger partial charge in [0.25, 0.3) is 0 Å². The third-order valence-electron chi connectivity index (χ3n) is 4.02. The third-order valence-corrected chi connectivity index (χ3v) is 4.02. The van der Waals surface area contributed by atoms with Crippen LogP contribution in [0.25, 0.3) is 0 Å². The van der Waals surface area contributed by atoms with Crippen molar-refractivity contribution in [2.75, 3.05) is 13.2 Å². The second-order valence-electron chi connectivity index (χ2n) is 5.72. The lowest BCUT2D eigenvalue weighted by Gasteiger charge is -2.12. The summed E-state index contributed by atoms with van der Waals surface area (Å²) in [6, 6.07) is 3.06. The molecule has 7 nitrogen and oxygen atoms in total. The maximum atomic E-state index is 12.7. The number of esters is 1. The Bertz CT molecular complexity index is 851. The zero-order chi connectivity index (χ0) is 18.0. The van der Waals surface area contributed by atoms with Gasteiger partial charge in [0.2, 0.25) is 11.6 Å². The highest BCUT2D eigenvalue weighted by Gasteiger charge is 2.39. The Kier molecular flexibility index (Phi) is 4.76. The molecule has 0 amide bonds. The largest absolute Gasteiger partial charge is 0.462 e. The Morgan fingerprint density at radius 3 is 2.80 bits per heavy atom. The van der Waals surface area contributed by atoms with Crippen LogP contribution >= 0.6 is 0 Å². The molecule has 7 heteroatoms. The molecule has 25 heavy (non-hydrogen) atoms. The minimum absolute atomic E-state index is 0.0118. The van der Waals surface area contributed by atoms with Crippen molar-refractivity contribution in [3.8, 4) is 0 Å². The summed E-state index contributed by atoms with van der Waals surface area (Å²) in [5, 5.41) is 8.73. The van der Waals surface area contributed by atoms with E-state index in [0.717, 1.165) is 6.42 Å². The van der Waals surface area contributed by atoms with Crippen molar-refractivity contribution in [2.24, 2.45) is 0 Å². The van der Waals surface area contributed by atoms with E-state index in [9.17, 15) is 14.4 Å². The molecule has 130 valence electrons. The lowest BCUT2D eigenvalue weighted by atomic mass is 9.90. The molecule has 1 aliphatic rings. The van der Waals surface area contributed by atoms with E-state index in [1.54, 1.807) is 6.07 Å². The highest BCUT2D eigenvalue weighted by atomic mass is 16.5. The number of unbranched alkanes of at least 4 members (excludes halogenated alkanes) is 2. The monoisotopic (exact) mass is 343 g/mol. The van der Waals surface area contributed by atoms with E-state index in [1.165, 1.54) is 19.2 Å². The number of aryl methyl sites for hydroxylation is 1. The quantitative estimate of drug-likeness (QED) is 0.539. The first-order chi connectivity index (χ1) is 12.1. The summed E-state index contributed by atoms with van der Waals surface area (Å²) < 4.78 is 10.6. The maximum absolute atomic E-state index is 12.7. The van der Waals surface area contributed by atoms with E-state index in [-0.39, 0.29) is 47.1 Å². The molecule has 0 spiro atoms. The van der Waals surface area contributed by atoms with Crippen molar-refractivity contribution in [1.82, 2.24) is 4.98 Å². The summed E-state index contributed by atoms with van der Waals surface area (Å²) >= 11 is 0. The van der Waals surface area contributed by atoms with Crippen molar-refractivity contribution < 1.29 is 28.6 Å². The van der Waals surface area contributed by atoms with Crippen molar-refractivity contribution in [3.63, 3.8) is 0 Å². The molecule has 2 aromatic heterocycles. The Hall–Kier alpha value is -2.80. The number of nitrogens with zero attached hydrogens (tertiary/aromatic N) is 1. The number of aromatic nitrogens is 1. The number of aliphatic hydroxyl groups excluding tert-OH is 1. The molecular weight excluding hydrogens is 326 g/mol. The average molecular weight is 343 g/mol. The summed E-state index contributed by atoms with van der Waals surface area (Å²) in [6.07, 6.45) is 3.37. The molecule has 0 saturated carbocycles. The first-order valence-corrected chi connectivity index (χ1v) is 8.02. The van der Waals surface area contributed by atoms with Crippen molar-refractivity contribution in [1.29, 1.82) is 0 Å². The molecule has 0 bridgehead atoms. The SMILES string of the molecule is Cc1oc2c(c1C(=O)OCCCCCO)C(=O)c1ncccc1C2=O. The molecule has 0 saturated heterocycles. The molecule has 3 rings (SSSR count). The smallest absolute Gasteiger partial charge is 0.342 e. The van der Waals surface area contributed by atoms with Gasteiger partial charge in [0, 0.05) is 12.8 Å². The van der Waals surface area contributed by atoms with Gasteiger partial charge in [-0.25, -0.2) is 4.79 Å². The highest BCUT2D eigenvalue weighted by molar-refractivity contribution is 6.29. The van der Waals surface area contributed by atoms with Crippen LogP contribution in [0.3, 0.4) is 0 Å². The number of rotatable bonds is 6. The van der Waals surface area contributed by atoms with Crippen LogP contribution in [0.15, 0.2) is 22.7 Å². The zero-order valence-electron chi connectivity index (χ0n) is 13.7. The predicted octanol–water partition coefficient (Wildman–Crippen LogP) is 2.08. The Morgan fingerprint density at radius 1 is 1.24 bits per heavy atom. The first kappa shape index (κ1) is 17.0. The van der Waals surface area contributed by atoms with Crippen LogP contribution in [0.2, 0.25) is 0 Å². The number of furan rings is 1. The van der Waals surface area contributed by atoms with Crippen LogP contribution in [0.1, 0.15) is 67.6 Å². The lowest BCUT2D eigenvalue weighted by Crippen LogP contribution is -2.23. The normalized spacial score (nSPS) is 12.7. The van der Waals surface area contributed by atoms with E-state index in [2.05, 4.69) is 4.98 Å². The van der Waals surface area contributed by atoms with E-state index < -0.39 is 17.5 Å². The molecule has 1 aliphatic carbocycles. The fourth-order valence-electron chi connectivity index (χ4n) is 2.80. The molecule has 1 N–H and O–H groups in total. The number of carbonyl (C=O) groups is 3. The minimum Gasteiger partial charge on any atom is -0.462 e. The lowest BCUT2D eigenvalue weighted by molar-refractivity contribution is 0.0492. The summed E-state index contributed by atoms with van der Waals surface area (Å²) in [7, 11) is 0. The Balaban J connectivity index is 1.89. The summed E-state index contributed by atoms with van der Waals surface area (Å²) in [5.41, 5.74) is 0.0799. The van der Waals surface area contributed by atoms with Gasteiger partial charge in [-0.2, -0.15) is 0 Å². The minimum atomic E-state index is -0.702. The fraction of sp³-hybridized carbons (Fsp3) is 0.333. The van der Waals surface area contributed by atoms with Gasteiger partial charge in [-0.05, 0) is 38.3 Å². The van der Waals surface area contributed by atoms with Gasteiger partial charge < -0.3 is 14.3 Å². The number of fused-ring (bicyclic) bond motifs is 2. The van der Waals surface area contributed by atoms with Gasteiger partial charge in [-0.3, -0.25) is 14.6 Å². The number of hydrogen-bond donors (Lipinski definition) is 1. The summed E-state index contributed by atoms with van der Waals surface area (Å²) in [6.45, 7) is 1.76. The van der Waals surface area contributed by atoms with Crippen molar-refractivity contribution >= 4 is 17.5 Å². The van der Waals surface area contributed by atoms with E-state index in [1.807, 2.05) is 0 Å². The van der Waals surface area contributed by atoms with E-state index in [4.69, 9.17) is 14.3 Å². The molecule has 0 radical (unpaired) electrons. The van der Waals surface area contributed by atoms with Gasteiger partial charge in [-0.15, -0.1) is 0 Å². The second-order valence-corrected chi connectivity index (χ2v) is 5.72. The highest BCUT2D eigenvalue weighted by Crippen LogP contribution is 2.32. The summed E-state index contributed by atoms with van der Waals surface area (Å²) in [5.74, 6) is -1.67. The molecule has 0 fully saturated rings. The molecule has 0 unspecified atom stereocenters. The Morgan fingerprint density at radius 2 is 2.04 bits per heavy atom. The molecule has 0 aromatic carbocycles. The second kappa shape index (κ2) is 6.98. The zero-order valence-corrected chi connectivity index (χ0v) is 13.7. The molecule has 2 aromatic rings. The van der Waals surface area contributed by atoms with Crippen molar-refractivity contribution in [2.45, 2.75) is 26.2 Å². The maximum Gasteiger partial charge on any atom is 0.342 e. The van der Waals surface area contributed by atoms with Gasteiger partial charge in [0.1, 0.15) is 17.0 Å². The van der Waals surface area contributed by atoms with Crippen LogP contribution in [0.4, 0.5) is 0 Å². The standard InChI is InChI=1S/C18H17NO6/c1-10-12(18(23)24-9-4-2-3-8-20)13-16(22)14-11(6-5-7-19-14)15(21)17(13)25-10/h5-7,20H,2-4,8-9H2,1H3. The van der Waals surface area contributed by atoms with Gasteiger partial charge in [0.05, 0.1) is 17.7 Å². The number of carbonyl (C=O) groups excluding carboxylic acids is 3. The van der Waals surface area contributed by atoms with Gasteiger partial charge in [-0.1, -0.05) is 0 Å². The van der Waals surface area contributed by atoms with Crippen molar-refractivity contribution in [3.05, 3.63) is 52.2 Å². The summed E-state index contributed by atoms with van der Waals surface area (Å²) in [4.78, 5) is 41.6. The van der Waals surface area contributed by atoms with E-state index in [0.29, 0.717) is 12.8 Å². The van der Waals surface area contributed by atoms with Crippen LogP contribution < -0.4 is 0 Å². The van der Waals surface area contributed by atoms with E-state index >= 15 is 0 Å². The predicted molar refractivity (Wildman–Crippen MR) is 85.8 cm³/mol. The first-order valence-electron chi connectivity index (χ1n) is 8.02. The van der Waals surface area contributed by atoms with Crippen LogP contribution in [-0.4, -0.2) is 40.8 Å². The number of pyridine rings is 1. The number of ketones is 2. The van der Waals surface area contributed by atoms with Gasteiger partial charge >= 0.3 is 5.97 Å². The third kappa shape index (κ3) is 2.98. The van der Waals surface area contributed by atoms with Crippen LogP contribution in [0.5, 0.6) is 0 Å². The molecular formula is C18H17NO6. The molecule has 2 heterocycles.